The Hall–Kier alpha value is -3.39. The van der Waals surface area contributed by atoms with Crippen molar-refractivity contribution in [2.75, 3.05) is 42.5 Å². The highest BCUT2D eigenvalue weighted by Gasteiger charge is 2.28. The van der Waals surface area contributed by atoms with Crippen LogP contribution in [0.2, 0.25) is 0 Å². The van der Waals surface area contributed by atoms with Gasteiger partial charge in [-0.1, -0.05) is 30.3 Å². The van der Waals surface area contributed by atoms with Gasteiger partial charge >= 0.3 is 6.03 Å². The van der Waals surface area contributed by atoms with Crippen LogP contribution in [0.25, 0.3) is 10.9 Å². The van der Waals surface area contributed by atoms with Crippen LogP contribution in [0.3, 0.4) is 0 Å². The van der Waals surface area contributed by atoms with Gasteiger partial charge in [0.15, 0.2) is 5.82 Å². The maximum atomic E-state index is 12.3. The first-order valence-electron chi connectivity index (χ1n) is 10.7. The Bertz CT molecular complexity index is 1120. The summed E-state index contributed by atoms with van der Waals surface area (Å²) in [6.45, 7) is 5.32. The molecule has 0 aliphatic carbocycles. The number of aryl methyl sites for hydroxylation is 1. The molecule has 2 aliphatic rings. The maximum Gasteiger partial charge on any atom is 0.329 e. The molecule has 0 unspecified atom stereocenters. The second-order valence-electron chi connectivity index (χ2n) is 8.15. The summed E-state index contributed by atoms with van der Waals surface area (Å²) in [5, 5.41) is 7.87. The first-order chi connectivity index (χ1) is 15.1. The molecule has 2 fully saturated rings. The molecule has 8 nitrogen and oxygen atoms in total. The second kappa shape index (κ2) is 8.03. The molecule has 31 heavy (non-hydrogen) atoms. The van der Waals surface area contributed by atoms with Crippen molar-refractivity contribution in [2.24, 2.45) is 7.05 Å². The van der Waals surface area contributed by atoms with Gasteiger partial charge in [-0.15, -0.1) is 0 Å². The van der Waals surface area contributed by atoms with Crippen LogP contribution in [0.5, 0.6) is 0 Å². The third-order valence-electron chi connectivity index (χ3n) is 6.11. The van der Waals surface area contributed by atoms with Gasteiger partial charge < -0.3 is 4.90 Å². The second-order valence-corrected chi connectivity index (χ2v) is 8.15. The topological polar surface area (TPSA) is 73.7 Å². The number of anilines is 2. The number of amides is 3. The minimum absolute atomic E-state index is 0.241. The zero-order valence-electron chi connectivity index (χ0n) is 17.6. The van der Waals surface area contributed by atoms with E-state index in [2.05, 4.69) is 62.7 Å². The quantitative estimate of drug-likeness (QED) is 0.704. The van der Waals surface area contributed by atoms with Crippen LogP contribution >= 0.6 is 0 Å². The maximum absolute atomic E-state index is 12.3. The molecule has 2 aromatic carbocycles. The molecular weight excluding hydrogens is 392 g/mol. The van der Waals surface area contributed by atoms with Gasteiger partial charge in [-0.05, 0) is 23.8 Å². The molecule has 0 radical (unpaired) electrons. The van der Waals surface area contributed by atoms with Crippen molar-refractivity contribution in [3.8, 4) is 0 Å². The fourth-order valence-corrected chi connectivity index (χ4v) is 4.39. The highest BCUT2D eigenvalue weighted by atomic mass is 16.2. The van der Waals surface area contributed by atoms with Crippen molar-refractivity contribution in [1.29, 1.82) is 0 Å². The predicted molar refractivity (Wildman–Crippen MR) is 120 cm³/mol. The lowest BCUT2D eigenvalue weighted by molar-refractivity contribution is -0.120. The Kier molecular flexibility index (Phi) is 5.07. The average Bonchev–Trinajstić information content (AvgIpc) is 3.11. The molecule has 3 heterocycles. The lowest BCUT2D eigenvalue weighted by atomic mass is 10.1. The number of hydrogen-bond acceptors (Lipinski definition) is 5. The average molecular weight is 419 g/mol. The summed E-state index contributed by atoms with van der Waals surface area (Å²) in [6.07, 6.45) is 0.287. The van der Waals surface area contributed by atoms with Gasteiger partial charge in [0, 0.05) is 63.8 Å². The molecule has 8 heteroatoms. The van der Waals surface area contributed by atoms with Gasteiger partial charge in [0.25, 0.3) is 0 Å². The molecule has 0 saturated carbocycles. The van der Waals surface area contributed by atoms with Crippen LogP contribution < -0.4 is 15.1 Å². The summed E-state index contributed by atoms with van der Waals surface area (Å²) < 4.78 is 1.81. The number of rotatable bonds is 4. The number of hydrogen-bond donors (Lipinski definition) is 1. The Labute approximate surface area is 181 Å². The first-order valence-corrected chi connectivity index (χ1v) is 10.7. The number of imide groups is 1. The number of nitrogens with one attached hydrogen (secondary N) is 1. The number of benzene rings is 2. The molecule has 5 rings (SSSR count). The van der Waals surface area contributed by atoms with Gasteiger partial charge in [0.1, 0.15) is 0 Å². The molecule has 0 spiro atoms. The zero-order valence-corrected chi connectivity index (χ0v) is 17.6. The van der Waals surface area contributed by atoms with Crippen LogP contribution in [-0.2, 0) is 18.4 Å². The molecular formula is C23H26N6O2. The Morgan fingerprint density at radius 2 is 1.74 bits per heavy atom. The van der Waals surface area contributed by atoms with E-state index in [1.807, 2.05) is 17.8 Å². The highest BCUT2D eigenvalue weighted by molar-refractivity contribution is 6.09. The van der Waals surface area contributed by atoms with E-state index in [9.17, 15) is 9.59 Å². The number of urea groups is 1. The minimum atomic E-state index is -0.408. The summed E-state index contributed by atoms with van der Waals surface area (Å²) in [7, 11) is 1.89. The number of nitrogens with zero attached hydrogens (tertiary/aromatic N) is 5. The molecule has 1 aromatic heterocycles. The SMILES string of the molecule is Cn1nc(N2CCC(=O)NC2=O)c2ccc(N3CCN(Cc4ccccc4)CC3)cc21. The van der Waals surface area contributed by atoms with Crippen LogP contribution in [-0.4, -0.2) is 59.3 Å². The number of fused-ring (bicyclic) bond motifs is 1. The Morgan fingerprint density at radius 1 is 0.968 bits per heavy atom. The van der Waals surface area contributed by atoms with Crippen LogP contribution in [0.4, 0.5) is 16.3 Å². The summed E-state index contributed by atoms with van der Waals surface area (Å²) in [5.41, 5.74) is 3.49. The Morgan fingerprint density at radius 3 is 2.48 bits per heavy atom. The fourth-order valence-electron chi connectivity index (χ4n) is 4.39. The monoisotopic (exact) mass is 418 g/mol. The molecule has 3 aromatic rings. The van der Waals surface area contributed by atoms with Gasteiger partial charge in [-0.3, -0.25) is 24.6 Å². The smallest absolute Gasteiger partial charge is 0.329 e. The molecule has 2 aliphatic heterocycles. The lowest BCUT2D eigenvalue weighted by Gasteiger charge is -2.36. The van der Waals surface area contributed by atoms with Crippen molar-refractivity contribution in [2.45, 2.75) is 13.0 Å². The lowest BCUT2D eigenvalue weighted by Crippen LogP contribution is -2.49. The van der Waals surface area contributed by atoms with E-state index in [0.717, 1.165) is 43.6 Å². The van der Waals surface area contributed by atoms with E-state index in [-0.39, 0.29) is 12.3 Å². The van der Waals surface area contributed by atoms with Crippen molar-refractivity contribution < 1.29 is 9.59 Å². The predicted octanol–water partition coefficient (Wildman–Crippen LogP) is 2.34. The summed E-state index contributed by atoms with van der Waals surface area (Å²) >= 11 is 0. The van der Waals surface area contributed by atoms with Gasteiger partial charge in [0.2, 0.25) is 5.91 Å². The van der Waals surface area contributed by atoms with Gasteiger partial charge in [0.05, 0.1) is 5.52 Å². The standard InChI is InChI=1S/C23H26N6O2/c1-26-20-15-18(28-13-11-27(12-14-28)16-17-5-3-2-4-6-17)7-8-19(20)22(25-26)29-10-9-21(30)24-23(29)31/h2-8,15H,9-14,16H2,1H3,(H,24,30,31). The third-order valence-corrected chi connectivity index (χ3v) is 6.11. The molecule has 3 amide bonds. The van der Waals surface area contributed by atoms with E-state index >= 15 is 0 Å². The van der Waals surface area contributed by atoms with E-state index in [0.29, 0.717) is 12.4 Å². The van der Waals surface area contributed by atoms with Crippen LogP contribution in [0.1, 0.15) is 12.0 Å². The van der Waals surface area contributed by atoms with Crippen molar-refractivity contribution >= 4 is 34.3 Å². The van der Waals surface area contributed by atoms with Crippen molar-refractivity contribution in [1.82, 2.24) is 20.0 Å². The van der Waals surface area contributed by atoms with Gasteiger partial charge in [-0.2, -0.15) is 5.10 Å². The van der Waals surface area contributed by atoms with E-state index < -0.39 is 6.03 Å². The van der Waals surface area contributed by atoms with Crippen LogP contribution in [0, 0.1) is 0 Å². The van der Waals surface area contributed by atoms with Gasteiger partial charge in [-0.25, -0.2) is 4.79 Å². The largest absolute Gasteiger partial charge is 0.369 e. The normalized spacial score (nSPS) is 18.0. The Balaban J connectivity index is 1.31. The first kappa shape index (κ1) is 19.6. The summed E-state index contributed by atoms with van der Waals surface area (Å²) in [6, 6.07) is 16.5. The number of aromatic nitrogens is 2. The van der Waals surface area contributed by atoms with Crippen molar-refractivity contribution in [3.05, 3.63) is 54.1 Å². The molecule has 1 N–H and O–H groups in total. The number of piperazine rings is 1. The molecule has 2 saturated heterocycles. The van der Waals surface area contributed by atoms with E-state index in [1.54, 1.807) is 4.90 Å². The minimum Gasteiger partial charge on any atom is -0.369 e. The molecule has 0 atom stereocenters. The zero-order chi connectivity index (χ0) is 21.4. The summed E-state index contributed by atoms with van der Waals surface area (Å²) in [4.78, 5) is 30.2. The van der Waals surface area contributed by atoms with E-state index in [1.165, 1.54) is 11.3 Å². The fraction of sp³-hybridized carbons (Fsp3) is 0.348. The summed E-state index contributed by atoms with van der Waals surface area (Å²) in [5.74, 6) is 0.358. The van der Waals surface area contributed by atoms with E-state index in [4.69, 9.17) is 0 Å². The molecule has 0 bridgehead atoms. The van der Waals surface area contributed by atoms with Crippen LogP contribution in [0.15, 0.2) is 48.5 Å². The molecule has 160 valence electrons. The third kappa shape index (κ3) is 3.86. The number of carbonyl (C=O) groups excluding carboxylic acids is 2. The van der Waals surface area contributed by atoms with Crippen molar-refractivity contribution in [3.63, 3.8) is 0 Å². The highest BCUT2D eigenvalue weighted by Crippen LogP contribution is 2.30. The number of carbonyl (C=O) groups is 2.